The Balaban J connectivity index is 1.99. The first-order valence-corrected chi connectivity index (χ1v) is 9.07. The molecule has 0 N–H and O–H groups in total. The molecule has 2 aromatic rings. The van der Waals surface area contributed by atoms with Crippen LogP contribution in [0.5, 0.6) is 5.75 Å². The van der Waals surface area contributed by atoms with E-state index in [4.69, 9.17) is 27.9 Å². The molecule has 0 bridgehead atoms. The number of nitro benzene ring substituents is 1. The van der Waals surface area contributed by atoms with Crippen molar-refractivity contribution in [1.82, 2.24) is 0 Å². The molecular weight excluding hydrogens is 473 g/mol. The Kier molecular flexibility index (Phi) is 6.71. The standard InChI is InChI=1S/C15H11Br2Cl2NO3/c16-13(15(17)12-7-9(18)1-6-14(12)19)8-23-11-4-2-10(3-5-11)20(21)22/h1-7,13,15H,8H2/t13-,15+/m1/s1. The second-order valence-electron chi connectivity index (χ2n) is 4.65. The van der Waals surface area contributed by atoms with Crippen molar-refractivity contribution in [2.45, 2.75) is 9.65 Å². The van der Waals surface area contributed by atoms with Gasteiger partial charge in [0.2, 0.25) is 0 Å². The zero-order chi connectivity index (χ0) is 17.0. The number of rotatable bonds is 6. The summed E-state index contributed by atoms with van der Waals surface area (Å²) in [5.41, 5.74) is 0.880. The third-order valence-electron chi connectivity index (χ3n) is 3.03. The Morgan fingerprint density at radius 2 is 1.78 bits per heavy atom. The number of benzene rings is 2. The van der Waals surface area contributed by atoms with Crippen molar-refractivity contribution in [2.24, 2.45) is 0 Å². The van der Waals surface area contributed by atoms with Crippen LogP contribution in [-0.4, -0.2) is 16.4 Å². The molecule has 0 aromatic heterocycles. The van der Waals surface area contributed by atoms with E-state index in [1.807, 2.05) is 0 Å². The van der Waals surface area contributed by atoms with Gasteiger partial charge in [0.15, 0.2) is 0 Å². The van der Waals surface area contributed by atoms with E-state index in [-0.39, 0.29) is 15.3 Å². The maximum absolute atomic E-state index is 10.6. The number of ether oxygens (including phenoxy) is 1. The van der Waals surface area contributed by atoms with E-state index in [2.05, 4.69) is 31.9 Å². The summed E-state index contributed by atoms with van der Waals surface area (Å²) in [4.78, 5) is 9.98. The van der Waals surface area contributed by atoms with E-state index in [1.54, 1.807) is 30.3 Å². The van der Waals surface area contributed by atoms with Crippen LogP contribution >= 0.6 is 55.1 Å². The topological polar surface area (TPSA) is 52.4 Å². The molecule has 0 unspecified atom stereocenters. The predicted molar refractivity (Wildman–Crippen MR) is 99.4 cm³/mol. The van der Waals surface area contributed by atoms with Crippen molar-refractivity contribution in [1.29, 1.82) is 0 Å². The molecule has 0 heterocycles. The van der Waals surface area contributed by atoms with Crippen molar-refractivity contribution in [3.8, 4) is 5.75 Å². The summed E-state index contributed by atoms with van der Waals surface area (Å²) in [6, 6.07) is 11.2. The first-order valence-electron chi connectivity index (χ1n) is 6.49. The maximum Gasteiger partial charge on any atom is 0.269 e. The van der Waals surface area contributed by atoms with Crippen molar-refractivity contribution < 1.29 is 9.66 Å². The molecule has 122 valence electrons. The van der Waals surface area contributed by atoms with Gasteiger partial charge in [-0.1, -0.05) is 55.1 Å². The van der Waals surface area contributed by atoms with E-state index in [1.165, 1.54) is 12.1 Å². The smallest absolute Gasteiger partial charge is 0.269 e. The van der Waals surface area contributed by atoms with Gasteiger partial charge in [0.1, 0.15) is 12.4 Å². The highest BCUT2D eigenvalue weighted by atomic mass is 79.9. The van der Waals surface area contributed by atoms with E-state index >= 15 is 0 Å². The Labute approximate surface area is 160 Å². The van der Waals surface area contributed by atoms with Crippen molar-refractivity contribution >= 4 is 60.7 Å². The summed E-state index contributed by atoms with van der Waals surface area (Å²) in [6.07, 6.45) is 0. The summed E-state index contributed by atoms with van der Waals surface area (Å²) in [7, 11) is 0. The quantitative estimate of drug-likeness (QED) is 0.280. The van der Waals surface area contributed by atoms with E-state index in [9.17, 15) is 10.1 Å². The lowest BCUT2D eigenvalue weighted by atomic mass is 10.1. The van der Waals surface area contributed by atoms with Gasteiger partial charge >= 0.3 is 0 Å². The van der Waals surface area contributed by atoms with Gasteiger partial charge in [-0.05, 0) is 35.9 Å². The zero-order valence-corrected chi connectivity index (χ0v) is 16.3. The van der Waals surface area contributed by atoms with Crippen molar-refractivity contribution in [2.75, 3.05) is 6.61 Å². The number of hydrogen-bond acceptors (Lipinski definition) is 3. The summed E-state index contributed by atoms with van der Waals surface area (Å²) >= 11 is 19.3. The highest BCUT2D eigenvalue weighted by Crippen LogP contribution is 2.37. The first kappa shape index (κ1) is 18.5. The number of nitro groups is 1. The van der Waals surface area contributed by atoms with Crippen molar-refractivity contribution in [3.05, 3.63) is 68.2 Å². The molecule has 0 aliphatic heterocycles. The van der Waals surface area contributed by atoms with Crippen LogP contribution in [0.25, 0.3) is 0 Å². The minimum absolute atomic E-state index is 0.0248. The summed E-state index contributed by atoms with van der Waals surface area (Å²) in [5.74, 6) is 0.553. The number of alkyl halides is 2. The molecule has 0 aliphatic rings. The minimum atomic E-state index is -0.452. The number of non-ortho nitro benzene ring substituents is 1. The lowest BCUT2D eigenvalue weighted by Crippen LogP contribution is -2.16. The molecule has 0 saturated carbocycles. The summed E-state index contributed by atoms with van der Waals surface area (Å²) < 4.78 is 5.64. The highest BCUT2D eigenvalue weighted by molar-refractivity contribution is 9.12. The number of halogens is 4. The predicted octanol–water partition coefficient (Wildman–Crippen LogP) is 6.18. The average Bonchev–Trinajstić information content (AvgIpc) is 2.54. The van der Waals surface area contributed by atoms with Crippen LogP contribution in [0.4, 0.5) is 5.69 Å². The molecule has 2 atom stereocenters. The number of hydrogen-bond donors (Lipinski definition) is 0. The van der Waals surface area contributed by atoms with Crippen LogP contribution in [-0.2, 0) is 0 Å². The van der Waals surface area contributed by atoms with E-state index in [0.717, 1.165) is 5.56 Å². The molecule has 0 amide bonds. The lowest BCUT2D eigenvalue weighted by molar-refractivity contribution is -0.384. The van der Waals surface area contributed by atoms with Gasteiger partial charge in [-0.15, -0.1) is 0 Å². The first-order chi connectivity index (χ1) is 10.9. The van der Waals surface area contributed by atoms with Gasteiger partial charge in [0.25, 0.3) is 5.69 Å². The molecule has 8 heteroatoms. The fourth-order valence-corrected chi connectivity index (χ4v) is 3.34. The Bertz CT molecular complexity index is 698. The monoisotopic (exact) mass is 481 g/mol. The van der Waals surface area contributed by atoms with Gasteiger partial charge < -0.3 is 4.74 Å². The van der Waals surface area contributed by atoms with Crippen LogP contribution < -0.4 is 4.74 Å². The van der Waals surface area contributed by atoms with Gasteiger partial charge in [-0.2, -0.15) is 0 Å². The Morgan fingerprint density at radius 3 is 2.39 bits per heavy atom. The van der Waals surface area contributed by atoms with Crippen LogP contribution in [0.15, 0.2) is 42.5 Å². The second kappa shape index (κ2) is 8.33. The van der Waals surface area contributed by atoms with E-state index in [0.29, 0.717) is 22.4 Å². The fourth-order valence-electron chi connectivity index (χ4n) is 1.85. The minimum Gasteiger partial charge on any atom is -0.492 e. The highest BCUT2D eigenvalue weighted by Gasteiger charge is 2.21. The molecule has 2 rings (SSSR count). The summed E-state index contributed by atoms with van der Waals surface area (Å²) in [6.45, 7) is 0.344. The molecule has 0 saturated heterocycles. The van der Waals surface area contributed by atoms with Crippen LogP contribution in [0.2, 0.25) is 10.0 Å². The lowest BCUT2D eigenvalue weighted by Gasteiger charge is -2.19. The second-order valence-corrected chi connectivity index (χ2v) is 7.65. The van der Waals surface area contributed by atoms with Gasteiger partial charge in [0.05, 0.1) is 14.6 Å². The Hall–Kier alpha value is -0.820. The molecule has 23 heavy (non-hydrogen) atoms. The molecule has 0 radical (unpaired) electrons. The van der Waals surface area contributed by atoms with Gasteiger partial charge in [0, 0.05) is 22.2 Å². The molecule has 0 aliphatic carbocycles. The third-order valence-corrected chi connectivity index (χ3v) is 6.24. The zero-order valence-electron chi connectivity index (χ0n) is 11.6. The Morgan fingerprint density at radius 1 is 1.13 bits per heavy atom. The third kappa shape index (κ3) is 5.08. The van der Waals surface area contributed by atoms with Crippen molar-refractivity contribution in [3.63, 3.8) is 0 Å². The normalized spacial score (nSPS) is 13.4. The largest absolute Gasteiger partial charge is 0.492 e. The van der Waals surface area contributed by atoms with E-state index < -0.39 is 4.92 Å². The SMILES string of the molecule is O=[N+]([O-])c1ccc(OC[C@@H](Br)[C@@H](Br)c2cc(Cl)ccc2Cl)cc1. The van der Waals surface area contributed by atoms with Crippen LogP contribution in [0.1, 0.15) is 10.4 Å². The van der Waals surface area contributed by atoms with Crippen LogP contribution in [0.3, 0.4) is 0 Å². The molecular formula is C15H11Br2Cl2NO3. The molecule has 0 fully saturated rings. The average molecular weight is 484 g/mol. The van der Waals surface area contributed by atoms with Gasteiger partial charge in [-0.3, -0.25) is 10.1 Å². The fraction of sp³-hybridized carbons (Fsp3) is 0.200. The maximum atomic E-state index is 10.6. The molecule has 4 nitrogen and oxygen atoms in total. The summed E-state index contributed by atoms with van der Waals surface area (Å²) in [5, 5.41) is 11.8. The molecule has 2 aromatic carbocycles. The molecule has 0 spiro atoms. The van der Waals surface area contributed by atoms with Gasteiger partial charge in [-0.25, -0.2) is 0 Å². The number of nitrogens with zero attached hydrogens (tertiary/aromatic N) is 1. The van der Waals surface area contributed by atoms with Crippen LogP contribution in [0, 0.1) is 10.1 Å².